The van der Waals surface area contributed by atoms with Crippen molar-refractivity contribution in [3.05, 3.63) is 59.2 Å². The van der Waals surface area contributed by atoms with Crippen molar-refractivity contribution in [3.63, 3.8) is 0 Å². The molecule has 3 aromatic rings. The van der Waals surface area contributed by atoms with Gasteiger partial charge in [-0.05, 0) is 46.8 Å². The van der Waals surface area contributed by atoms with Crippen molar-refractivity contribution in [2.75, 3.05) is 21.3 Å². The number of rotatable bonds is 7. The van der Waals surface area contributed by atoms with Gasteiger partial charge in [-0.1, -0.05) is 19.1 Å². The summed E-state index contributed by atoms with van der Waals surface area (Å²) in [6.07, 6.45) is 2.06. The lowest BCUT2D eigenvalue weighted by Crippen LogP contribution is -2.04. The lowest BCUT2D eigenvalue weighted by molar-refractivity contribution is 0.356. The number of nitrogens with zero attached hydrogens (tertiary/aromatic N) is 3. The second-order valence-electron chi connectivity index (χ2n) is 6.46. The summed E-state index contributed by atoms with van der Waals surface area (Å²) in [6, 6.07) is 8.19. The molecule has 0 spiro atoms. The molecule has 9 heteroatoms. The Morgan fingerprint density at radius 3 is 2.25 bits per heavy atom. The topological polar surface area (TPSA) is 115 Å². The first kappa shape index (κ1) is 24.5. The van der Waals surface area contributed by atoms with Crippen LogP contribution in [0.15, 0.2) is 46.9 Å². The molecule has 3 N–H and O–H groups in total. The molecule has 1 heterocycles. The Hall–Kier alpha value is -3.75. The van der Waals surface area contributed by atoms with Gasteiger partial charge < -0.3 is 20.1 Å². The number of ether oxygens (including phenoxy) is 3. The van der Waals surface area contributed by atoms with Crippen molar-refractivity contribution in [3.8, 4) is 17.2 Å². The first-order chi connectivity index (χ1) is 15.5. The number of aromatic nitrogens is 1. The Morgan fingerprint density at radius 2 is 1.66 bits per heavy atom. The number of methoxy groups -OCH3 is 3. The largest absolute Gasteiger partial charge is 0.497 e. The van der Waals surface area contributed by atoms with Crippen LogP contribution in [0.5, 0.6) is 17.2 Å². The van der Waals surface area contributed by atoms with Gasteiger partial charge >= 0.3 is 0 Å². The van der Waals surface area contributed by atoms with Crippen LogP contribution >= 0.6 is 0 Å². The Labute approximate surface area is 186 Å². The lowest BCUT2D eigenvalue weighted by atomic mass is 9.98. The van der Waals surface area contributed by atoms with Crippen LogP contribution in [0.2, 0.25) is 0 Å². The minimum absolute atomic E-state index is 0.0121. The van der Waals surface area contributed by atoms with E-state index in [2.05, 4.69) is 15.3 Å². The molecule has 3 rings (SSSR count). The zero-order chi connectivity index (χ0) is 23.7. The van der Waals surface area contributed by atoms with Crippen LogP contribution in [0, 0.1) is 11.2 Å². The third-order valence-corrected chi connectivity index (χ3v) is 4.70. The molecule has 0 aliphatic carbocycles. The van der Waals surface area contributed by atoms with E-state index in [1.165, 1.54) is 13.2 Å². The molecule has 32 heavy (non-hydrogen) atoms. The second-order valence-corrected chi connectivity index (χ2v) is 6.46. The second kappa shape index (κ2) is 11.6. The Morgan fingerprint density at radius 1 is 1.00 bits per heavy atom. The van der Waals surface area contributed by atoms with Crippen LogP contribution in [0.1, 0.15) is 30.7 Å². The number of hydrogen-bond donors (Lipinski definition) is 2. The number of nitrogens with two attached hydrogens (primary N) is 1. The van der Waals surface area contributed by atoms with Crippen LogP contribution in [-0.4, -0.2) is 32.1 Å². The third kappa shape index (κ3) is 5.48. The maximum Gasteiger partial charge on any atom is 0.161 e. The van der Waals surface area contributed by atoms with Gasteiger partial charge in [-0.3, -0.25) is 10.4 Å². The predicted molar refractivity (Wildman–Crippen MR) is 122 cm³/mol. The Kier molecular flexibility index (Phi) is 8.88. The monoisotopic (exact) mass is 441 g/mol. The molecular formula is C23H28FN5O3. The highest BCUT2D eigenvalue weighted by molar-refractivity contribution is 5.94. The number of amidine groups is 1. The lowest BCUT2D eigenvalue weighted by Gasteiger charge is -2.15. The number of benzene rings is 2. The molecule has 2 aromatic carbocycles. The normalized spacial score (nSPS) is 10.6. The average molecular weight is 442 g/mol. The van der Waals surface area contributed by atoms with Crippen molar-refractivity contribution >= 4 is 16.6 Å². The maximum atomic E-state index is 14.4. The van der Waals surface area contributed by atoms with Gasteiger partial charge in [0.2, 0.25) is 0 Å². The summed E-state index contributed by atoms with van der Waals surface area (Å²) in [4.78, 5) is 4.54. The standard InChI is InChI=1S/C21H22FN5O3.C2H6/c1-28-14-4-5-17(22)12(6-14)7-18-16-10-20(30-3)19(29-2)9-15(16)13(11-25-18)8-21(23)26-27-24;1-2/h4-6,9-11H,7-8H2,1-3H3,(H3,23,24,26);1-2H3. The van der Waals surface area contributed by atoms with Crippen molar-refractivity contribution < 1.29 is 18.6 Å². The van der Waals surface area contributed by atoms with Crippen molar-refractivity contribution in [2.24, 2.45) is 16.2 Å². The zero-order valence-electron chi connectivity index (χ0n) is 18.9. The first-order valence-corrected chi connectivity index (χ1v) is 10.0. The van der Waals surface area contributed by atoms with Crippen LogP contribution in [0.3, 0.4) is 0 Å². The number of hydrogen-bond acceptors (Lipinski definition) is 6. The van der Waals surface area contributed by atoms with Gasteiger partial charge in [0.15, 0.2) is 11.5 Å². The van der Waals surface area contributed by atoms with Crippen LogP contribution in [0.25, 0.3) is 10.8 Å². The smallest absolute Gasteiger partial charge is 0.161 e. The third-order valence-electron chi connectivity index (χ3n) is 4.70. The summed E-state index contributed by atoms with van der Waals surface area (Å²) in [7, 11) is 4.62. The van der Waals surface area contributed by atoms with E-state index in [0.717, 1.165) is 16.3 Å². The van der Waals surface area contributed by atoms with Gasteiger partial charge in [0, 0.05) is 24.4 Å². The predicted octanol–water partition coefficient (Wildman–Crippen LogP) is 4.86. The van der Waals surface area contributed by atoms with Crippen LogP contribution in [0.4, 0.5) is 4.39 Å². The van der Waals surface area contributed by atoms with E-state index in [9.17, 15) is 4.39 Å². The Balaban J connectivity index is 0.00000176. The fourth-order valence-corrected chi connectivity index (χ4v) is 3.24. The zero-order valence-corrected chi connectivity index (χ0v) is 18.9. The van der Waals surface area contributed by atoms with Crippen LogP contribution < -0.4 is 20.1 Å². The highest BCUT2D eigenvalue weighted by atomic mass is 19.1. The summed E-state index contributed by atoms with van der Waals surface area (Å²) in [5, 5.41) is 16.2. The molecule has 0 saturated carbocycles. The van der Waals surface area contributed by atoms with Crippen molar-refractivity contribution in [1.82, 2.24) is 4.98 Å². The van der Waals surface area contributed by atoms with Crippen molar-refractivity contribution in [2.45, 2.75) is 26.7 Å². The summed E-state index contributed by atoms with van der Waals surface area (Å²) < 4.78 is 30.5. The SMILES string of the molecule is CC.COc1ccc(F)c(Cc2ncc(CC(=N)N=NN)c3cc(OC)c(OC)cc23)c1. The molecule has 0 amide bonds. The molecule has 170 valence electrons. The number of halogens is 1. The molecule has 0 atom stereocenters. The molecule has 0 radical (unpaired) electrons. The molecule has 0 fully saturated rings. The number of nitrogens with one attached hydrogen (secondary N) is 1. The van der Waals surface area contributed by atoms with E-state index in [1.54, 1.807) is 38.6 Å². The molecule has 0 saturated heterocycles. The fraction of sp³-hybridized carbons (Fsp3) is 0.304. The molecule has 0 aliphatic rings. The van der Waals surface area contributed by atoms with Crippen molar-refractivity contribution in [1.29, 1.82) is 5.41 Å². The van der Waals surface area contributed by atoms with Gasteiger partial charge in [-0.2, -0.15) is 0 Å². The maximum absolute atomic E-state index is 14.4. The number of pyridine rings is 1. The molecule has 0 bridgehead atoms. The molecular weight excluding hydrogens is 413 g/mol. The van der Waals surface area contributed by atoms with E-state index in [4.69, 9.17) is 25.5 Å². The minimum Gasteiger partial charge on any atom is -0.497 e. The van der Waals surface area contributed by atoms with Gasteiger partial charge in [0.05, 0.1) is 27.0 Å². The summed E-state index contributed by atoms with van der Waals surface area (Å²) >= 11 is 0. The van der Waals surface area contributed by atoms with E-state index in [1.807, 2.05) is 19.9 Å². The van der Waals surface area contributed by atoms with Gasteiger partial charge in [-0.25, -0.2) is 4.39 Å². The molecule has 8 nitrogen and oxygen atoms in total. The summed E-state index contributed by atoms with van der Waals surface area (Å²) in [6.45, 7) is 4.00. The van der Waals surface area contributed by atoms with E-state index in [-0.39, 0.29) is 24.5 Å². The van der Waals surface area contributed by atoms with E-state index in [0.29, 0.717) is 28.5 Å². The van der Waals surface area contributed by atoms with Gasteiger partial charge in [0.25, 0.3) is 0 Å². The minimum atomic E-state index is -0.347. The number of fused-ring (bicyclic) bond motifs is 1. The van der Waals surface area contributed by atoms with E-state index >= 15 is 0 Å². The van der Waals surface area contributed by atoms with Gasteiger partial charge in [-0.15, -0.1) is 5.11 Å². The molecule has 0 unspecified atom stereocenters. The quantitative estimate of drug-likeness (QED) is 0.179. The van der Waals surface area contributed by atoms with Crippen LogP contribution in [-0.2, 0) is 12.8 Å². The van der Waals surface area contributed by atoms with E-state index < -0.39 is 0 Å². The molecule has 0 aliphatic heterocycles. The average Bonchev–Trinajstić information content (AvgIpc) is 2.82. The van der Waals surface area contributed by atoms with Gasteiger partial charge in [0.1, 0.15) is 17.4 Å². The molecule has 1 aromatic heterocycles. The summed E-state index contributed by atoms with van der Waals surface area (Å²) in [5.41, 5.74) is 1.84. The fourth-order valence-electron chi connectivity index (χ4n) is 3.24. The summed E-state index contributed by atoms with van der Waals surface area (Å²) in [5.74, 6) is 6.30. The highest BCUT2D eigenvalue weighted by Crippen LogP contribution is 2.36. The Bertz CT molecular complexity index is 1120. The highest BCUT2D eigenvalue weighted by Gasteiger charge is 2.16. The first-order valence-electron chi connectivity index (χ1n) is 10.0.